The van der Waals surface area contributed by atoms with E-state index in [0.717, 1.165) is 10.7 Å². The number of thiocarbonyl (C=S) groups is 1. The molecule has 0 aromatic carbocycles. The fourth-order valence-corrected chi connectivity index (χ4v) is 3.09. The fourth-order valence-electron chi connectivity index (χ4n) is 1.12. The van der Waals surface area contributed by atoms with Crippen LogP contribution in [0.2, 0.25) is 0 Å². The molecule has 0 aliphatic carbocycles. The van der Waals surface area contributed by atoms with Gasteiger partial charge >= 0.3 is 0 Å². The number of rotatable bonds is 6. The topological polar surface area (TPSA) is 85.1 Å². The molecule has 1 aromatic rings. The van der Waals surface area contributed by atoms with Crippen molar-refractivity contribution in [2.45, 2.75) is 25.5 Å². The summed E-state index contributed by atoms with van der Waals surface area (Å²) < 4.78 is 25.8. The maximum absolute atomic E-state index is 11.7. The molecule has 1 rings (SSSR count). The van der Waals surface area contributed by atoms with Gasteiger partial charge in [-0.05, 0) is 13.8 Å². The van der Waals surface area contributed by atoms with Crippen molar-refractivity contribution in [3.63, 3.8) is 0 Å². The van der Waals surface area contributed by atoms with E-state index in [-0.39, 0.29) is 4.99 Å². The van der Waals surface area contributed by atoms with Crippen LogP contribution in [0.25, 0.3) is 0 Å². The molecule has 0 aliphatic heterocycles. The zero-order valence-corrected chi connectivity index (χ0v) is 12.1. The number of nitrogens with one attached hydrogen (secondary N) is 1. The average molecular weight is 293 g/mol. The van der Waals surface area contributed by atoms with Crippen molar-refractivity contribution in [1.29, 1.82) is 0 Å². The van der Waals surface area contributed by atoms with Crippen molar-refractivity contribution >= 4 is 38.6 Å². The highest BCUT2D eigenvalue weighted by Gasteiger charge is 2.22. The van der Waals surface area contributed by atoms with Gasteiger partial charge in [-0.2, -0.15) is 0 Å². The lowest BCUT2D eigenvalue weighted by Crippen LogP contribution is -2.40. The van der Waals surface area contributed by atoms with Crippen molar-refractivity contribution in [3.05, 3.63) is 16.1 Å². The Morgan fingerprint density at radius 1 is 1.71 bits per heavy atom. The molecule has 0 radical (unpaired) electrons. The molecule has 1 atom stereocenters. The summed E-state index contributed by atoms with van der Waals surface area (Å²) in [7, 11) is -3.46. The van der Waals surface area contributed by atoms with Gasteiger partial charge in [0.25, 0.3) is 0 Å². The molecule has 3 N–H and O–H groups in total. The second-order valence-electron chi connectivity index (χ2n) is 3.59. The zero-order valence-electron chi connectivity index (χ0n) is 9.63. The van der Waals surface area contributed by atoms with Gasteiger partial charge in [0.05, 0.1) is 15.7 Å². The normalized spacial score (nSPS) is 13.5. The molecule has 0 saturated carbocycles. The third kappa shape index (κ3) is 4.30. The van der Waals surface area contributed by atoms with Gasteiger partial charge < -0.3 is 5.73 Å². The van der Waals surface area contributed by atoms with Crippen molar-refractivity contribution in [2.75, 3.05) is 6.54 Å². The van der Waals surface area contributed by atoms with Gasteiger partial charge in [0, 0.05) is 18.3 Å². The minimum Gasteiger partial charge on any atom is -0.392 e. The first kappa shape index (κ1) is 14.5. The van der Waals surface area contributed by atoms with Crippen LogP contribution in [0.1, 0.15) is 17.6 Å². The number of hydrogen-bond acceptors (Lipinski definition) is 5. The molecular formula is C9H15N3O2S3. The first-order valence-corrected chi connectivity index (χ1v) is 7.85. The highest BCUT2D eigenvalue weighted by atomic mass is 32.2. The van der Waals surface area contributed by atoms with Gasteiger partial charge in [0.15, 0.2) is 0 Å². The van der Waals surface area contributed by atoms with Crippen LogP contribution in [-0.2, 0) is 16.4 Å². The highest BCUT2D eigenvalue weighted by Crippen LogP contribution is 2.08. The molecule has 0 saturated heterocycles. The minimum absolute atomic E-state index is 0.0259. The number of sulfonamides is 1. The maximum atomic E-state index is 11.7. The van der Waals surface area contributed by atoms with Crippen LogP contribution >= 0.6 is 23.6 Å². The minimum atomic E-state index is -3.46. The van der Waals surface area contributed by atoms with Crippen LogP contribution in [0.5, 0.6) is 0 Å². The largest absolute Gasteiger partial charge is 0.392 e. The van der Waals surface area contributed by atoms with Crippen LogP contribution in [0.4, 0.5) is 0 Å². The van der Waals surface area contributed by atoms with Crippen LogP contribution in [0.3, 0.4) is 0 Å². The van der Waals surface area contributed by atoms with Crippen molar-refractivity contribution in [1.82, 2.24) is 9.71 Å². The fraction of sp³-hybridized carbons (Fsp3) is 0.556. The molecule has 1 heterocycles. The van der Waals surface area contributed by atoms with Gasteiger partial charge in [-0.25, -0.2) is 18.1 Å². The quantitative estimate of drug-likeness (QED) is 0.750. The second-order valence-corrected chi connectivity index (χ2v) is 7.21. The van der Waals surface area contributed by atoms with Crippen molar-refractivity contribution < 1.29 is 8.42 Å². The third-order valence-electron chi connectivity index (χ3n) is 2.22. The third-order valence-corrected chi connectivity index (χ3v) is 5.33. The second kappa shape index (κ2) is 5.85. The molecular weight excluding hydrogens is 278 g/mol. The SMILES string of the molecule is Cc1nc(CCNS(=O)(=O)C(C)C(N)=S)cs1. The van der Waals surface area contributed by atoms with E-state index in [1.165, 1.54) is 6.92 Å². The van der Waals surface area contributed by atoms with Gasteiger partial charge in [0.1, 0.15) is 5.25 Å². The Kier molecular flexibility index (Phi) is 4.99. The zero-order chi connectivity index (χ0) is 13.1. The summed E-state index contributed by atoms with van der Waals surface area (Å²) in [5, 5.41) is 2.04. The number of nitrogens with two attached hydrogens (primary N) is 1. The van der Waals surface area contributed by atoms with E-state index in [1.54, 1.807) is 11.3 Å². The summed E-state index contributed by atoms with van der Waals surface area (Å²) in [6, 6.07) is 0. The van der Waals surface area contributed by atoms with Gasteiger partial charge in [-0.1, -0.05) is 12.2 Å². The monoisotopic (exact) mass is 293 g/mol. The summed E-state index contributed by atoms with van der Waals surface area (Å²) >= 11 is 6.21. The summed E-state index contributed by atoms with van der Waals surface area (Å²) in [5.41, 5.74) is 6.20. The Balaban J connectivity index is 2.48. The lowest BCUT2D eigenvalue weighted by Gasteiger charge is -2.11. The van der Waals surface area contributed by atoms with Crippen LogP contribution < -0.4 is 10.5 Å². The average Bonchev–Trinajstić information content (AvgIpc) is 2.62. The number of aromatic nitrogens is 1. The first-order chi connectivity index (χ1) is 7.83. The number of thiazole rings is 1. The standard InChI is InChI=1S/C9H15N3O2S3/c1-6(9(10)15)17(13,14)11-4-3-8-5-16-7(2)12-8/h5-6,11H,3-4H2,1-2H3,(H2,10,15). The van der Waals surface area contributed by atoms with Crippen LogP contribution in [0, 0.1) is 6.92 Å². The molecule has 0 aliphatic rings. The smallest absolute Gasteiger partial charge is 0.220 e. The van der Waals surface area contributed by atoms with Gasteiger partial charge in [-0.15, -0.1) is 11.3 Å². The molecule has 17 heavy (non-hydrogen) atoms. The van der Waals surface area contributed by atoms with E-state index >= 15 is 0 Å². The molecule has 96 valence electrons. The molecule has 0 spiro atoms. The van der Waals surface area contributed by atoms with E-state index in [2.05, 4.69) is 21.9 Å². The molecule has 0 fully saturated rings. The first-order valence-electron chi connectivity index (χ1n) is 5.01. The van der Waals surface area contributed by atoms with E-state index in [9.17, 15) is 8.42 Å². The van der Waals surface area contributed by atoms with Gasteiger partial charge in [-0.3, -0.25) is 0 Å². The van der Waals surface area contributed by atoms with E-state index in [1.807, 2.05) is 12.3 Å². The lowest BCUT2D eigenvalue weighted by molar-refractivity contribution is 0.578. The summed E-state index contributed by atoms with van der Waals surface area (Å²) in [6.45, 7) is 3.68. The lowest BCUT2D eigenvalue weighted by atomic mass is 10.3. The van der Waals surface area contributed by atoms with Gasteiger partial charge in [0.2, 0.25) is 10.0 Å². The predicted octanol–water partition coefficient (Wildman–Crippen LogP) is 0.588. The predicted molar refractivity (Wildman–Crippen MR) is 73.7 cm³/mol. The molecule has 5 nitrogen and oxygen atoms in total. The van der Waals surface area contributed by atoms with E-state index in [0.29, 0.717) is 13.0 Å². The Morgan fingerprint density at radius 3 is 2.82 bits per heavy atom. The maximum Gasteiger partial charge on any atom is 0.220 e. The number of aryl methyl sites for hydroxylation is 1. The molecule has 0 amide bonds. The Hall–Kier alpha value is -0.570. The van der Waals surface area contributed by atoms with Crippen molar-refractivity contribution in [3.8, 4) is 0 Å². The van der Waals surface area contributed by atoms with E-state index < -0.39 is 15.3 Å². The molecule has 1 aromatic heterocycles. The summed E-state index contributed by atoms with van der Waals surface area (Å²) in [5.74, 6) is 0. The summed E-state index contributed by atoms with van der Waals surface area (Å²) in [4.78, 5) is 4.22. The number of hydrogen-bond donors (Lipinski definition) is 2. The Morgan fingerprint density at radius 2 is 2.35 bits per heavy atom. The number of nitrogens with zero attached hydrogens (tertiary/aromatic N) is 1. The Labute approximate surface area is 110 Å². The van der Waals surface area contributed by atoms with E-state index in [4.69, 9.17) is 5.73 Å². The Bertz CT molecular complexity index is 495. The molecule has 1 unspecified atom stereocenters. The molecule has 0 bridgehead atoms. The molecule has 8 heteroatoms. The van der Waals surface area contributed by atoms with Crippen molar-refractivity contribution in [2.24, 2.45) is 5.73 Å². The highest BCUT2D eigenvalue weighted by molar-refractivity contribution is 7.93. The van der Waals surface area contributed by atoms with Crippen LogP contribution in [-0.4, -0.2) is 30.2 Å². The van der Waals surface area contributed by atoms with Crippen LogP contribution in [0.15, 0.2) is 5.38 Å². The summed E-state index contributed by atoms with van der Waals surface area (Å²) in [6.07, 6.45) is 0.563.